The van der Waals surface area contributed by atoms with E-state index in [1.54, 1.807) is 10.9 Å². The highest BCUT2D eigenvalue weighted by molar-refractivity contribution is 7.08. The van der Waals surface area contributed by atoms with Gasteiger partial charge in [-0.25, -0.2) is 4.68 Å². The molecule has 0 unspecified atom stereocenters. The number of hydrogen-bond acceptors (Lipinski definition) is 5. The van der Waals surface area contributed by atoms with Crippen molar-refractivity contribution >= 4 is 22.9 Å². The first-order chi connectivity index (χ1) is 8.33. The molecule has 0 spiro atoms. The Kier molecular flexibility index (Phi) is 2.62. The quantitative estimate of drug-likeness (QED) is 0.841. The Morgan fingerprint density at radius 1 is 1.59 bits per heavy atom. The molecule has 0 aromatic carbocycles. The summed E-state index contributed by atoms with van der Waals surface area (Å²) >= 11 is 1.54. The second-order valence-electron chi connectivity index (χ2n) is 3.86. The molecule has 6 nitrogen and oxygen atoms in total. The van der Waals surface area contributed by atoms with E-state index >= 15 is 0 Å². The molecule has 2 aromatic rings. The Bertz CT molecular complexity index is 517. The van der Waals surface area contributed by atoms with E-state index in [-0.39, 0.29) is 5.91 Å². The molecule has 1 fully saturated rings. The summed E-state index contributed by atoms with van der Waals surface area (Å²) in [7, 11) is 0. The molecule has 3 heterocycles. The first kappa shape index (κ1) is 10.4. The average molecular weight is 249 g/mol. The number of nitrogens with zero attached hydrogens (tertiary/aromatic N) is 3. The van der Waals surface area contributed by atoms with Crippen molar-refractivity contribution in [3.63, 3.8) is 0 Å². The molecule has 0 saturated carbocycles. The van der Waals surface area contributed by atoms with Gasteiger partial charge in [0.2, 0.25) is 0 Å². The summed E-state index contributed by atoms with van der Waals surface area (Å²) in [6.45, 7) is 1.77. The zero-order chi connectivity index (χ0) is 11.7. The lowest BCUT2D eigenvalue weighted by Crippen LogP contribution is -2.43. The fourth-order valence-electron chi connectivity index (χ4n) is 1.55. The van der Waals surface area contributed by atoms with Crippen molar-refractivity contribution in [2.45, 2.75) is 6.04 Å². The maximum Gasteiger partial charge on any atom is 0.277 e. The van der Waals surface area contributed by atoms with Crippen LogP contribution in [0, 0.1) is 0 Å². The van der Waals surface area contributed by atoms with Crippen molar-refractivity contribution < 1.29 is 4.79 Å². The summed E-state index contributed by atoms with van der Waals surface area (Å²) in [6.07, 6.45) is 1.69. The summed E-state index contributed by atoms with van der Waals surface area (Å²) in [5.41, 5.74) is 1.14. The molecule has 0 radical (unpaired) electrons. The highest BCUT2D eigenvalue weighted by Crippen LogP contribution is 2.14. The number of anilines is 1. The molecule has 1 amide bonds. The molecule has 17 heavy (non-hydrogen) atoms. The van der Waals surface area contributed by atoms with Crippen LogP contribution in [-0.2, 0) is 0 Å². The van der Waals surface area contributed by atoms with Crippen LogP contribution in [0.3, 0.4) is 0 Å². The van der Waals surface area contributed by atoms with Crippen molar-refractivity contribution in [3.8, 4) is 0 Å². The Morgan fingerprint density at radius 3 is 3.12 bits per heavy atom. The van der Waals surface area contributed by atoms with E-state index in [1.807, 2.05) is 16.8 Å². The van der Waals surface area contributed by atoms with Gasteiger partial charge in [0.25, 0.3) is 5.91 Å². The predicted octanol–water partition coefficient (Wildman–Crippen LogP) is 0.736. The van der Waals surface area contributed by atoms with Gasteiger partial charge < -0.3 is 10.6 Å². The van der Waals surface area contributed by atoms with Gasteiger partial charge in [-0.05, 0) is 11.4 Å². The van der Waals surface area contributed by atoms with Gasteiger partial charge >= 0.3 is 0 Å². The molecule has 0 aliphatic carbocycles. The van der Waals surface area contributed by atoms with Crippen LogP contribution in [0.25, 0.3) is 0 Å². The average Bonchev–Trinajstić information content (AvgIpc) is 2.85. The van der Waals surface area contributed by atoms with Crippen molar-refractivity contribution in [1.82, 2.24) is 20.3 Å². The summed E-state index contributed by atoms with van der Waals surface area (Å²) in [4.78, 5) is 11.8. The van der Waals surface area contributed by atoms with Crippen molar-refractivity contribution in [3.05, 3.63) is 28.7 Å². The minimum Gasteiger partial charge on any atom is -0.320 e. The van der Waals surface area contributed by atoms with Crippen LogP contribution in [0.4, 0.5) is 5.69 Å². The van der Waals surface area contributed by atoms with Crippen molar-refractivity contribution in [2.24, 2.45) is 0 Å². The van der Waals surface area contributed by atoms with Gasteiger partial charge in [-0.3, -0.25) is 4.79 Å². The predicted molar refractivity (Wildman–Crippen MR) is 64.2 cm³/mol. The molecule has 0 atom stereocenters. The highest BCUT2D eigenvalue weighted by Gasteiger charge is 2.21. The largest absolute Gasteiger partial charge is 0.320 e. The van der Waals surface area contributed by atoms with Gasteiger partial charge in [-0.15, -0.1) is 5.10 Å². The monoisotopic (exact) mass is 249 g/mol. The standard InChI is InChI=1S/C10H11N5OS/c16-10(12-7-1-2-17-6-7)9-5-15(14-13-9)8-3-11-4-8/h1-2,5-6,8,11H,3-4H2,(H,12,16). The van der Waals surface area contributed by atoms with E-state index in [1.165, 1.54) is 11.3 Å². The number of carbonyl (C=O) groups is 1. The Hall–Kier alpha value is -1.73. The maximum atomic E-state index is 11.8. The number of nitrogens with one attached hydrogen (secondary N) is 2. The Morgan fingerprint density at radius 2 is 2.47 bits per heavy atom. The van der Waals surface area contributed by atoms with Crippen LogP contribution >= 0.6 is 11.3 Å². The summed E-state index contributed by atoms with van der Waals surface area (Å²) in [5, 5.41) is 17.5. The van der Waals surface area contributed by atoms with Gasteiger partial charge in [0.1, 0.15) is 0 Å². The van der Waals surface area contributed by atoms with E-state index in [4.69, 9.17) is 0 Å². The van der Waals surface area contributed by atoms with Crippen molar-refractivity contribution in [1.29, 1.82) is 0 Å². The van der Waals surface area contributed by atoms with Crippen LogP contribution in [0.2, 0.25) is 0 Å². The molecule has 88 valence electrons. The lowest BCUT2D eigenvalue weighted by Gasteiger charge is -2.26. The summed E-state index contributed by atoms with van der Waals surface area (Å²) in [6, 6.07) is 2.17. The molecule has 1 aliphatic rings. The number of rotatable bonds is 3. The van der Waals surface area contributed by atoms with Crippen LogP contribution in [-0.4, -0.2) is 34.0 Å². The van der Waals surface area contributed by atoms with Gasteiger partial charge in [0.05, 0.1) is 17.9 Å². The fourth-order valence-corrected chi connectivity index (χ4v) is 2.14. The second-order valence-corrected chi connectivity index (χ2v) is 4.64. The van der Waals surface area contributed by atoms with Gasteiger partial charge in [0.15, 0.2) is 5.69 Å². The van der Waals surface area contributed by atoms with Crippen LogP contribution < -0.4 is 10.6 Å². The lowest BCUT2D eigenvalue weighted by atomic mass is 10.2. The SMILES string of the molecule is O=C(Nc1ccsc1)c1cn(C2CNC2)nn1. The molecule has 1 aliphatic heterocycles. The maximum absolute atomic E-state index is 11.8. The van der Waals surface area contributed by atoms with Gasteiger partial charge in [0, 0.05) is 18.5 Å². The second kappa shape index (κ2) is 4.27. The molecule has 2 aromatic heterocycles. The van der Waals surface area contributed by atoms with Crippen LogP contribution in [0.5, 0.6) is 0 Å². The third kappa shape index (κ3) is 2.06. The normalized spacial score (nSPS) is 15.5. The van der Waals surface area contributed by atoms with Crippen molar-refractivity contribution in [2.75, 3.05) is 18.4 Å². The third-order valence-corrected chi connectivity index (χ3v) is 3.34. The molecular formula is C10H11N5OS. The van der Waals surface area contributed by atoms with E-state index in [2.05, 4.69) is 20.9 Å². The third-order valence-electron chi connectivity index (χ3n) is 2.66. The fraction of sp³-hybridized carbons (Fsp3) is 0.300. The first-order valence-corrected chi connectivity index (χ1v) is 6.23. The number of hydrogen-bond donors (Lipinski definition) is 2. The summed E-state index contributed by atoms with van der Waals surface area (Å²) in [5.74, 6) is -0.220. The van der Waals surface area contributed by atoms with E-state index in [9.17, 15) is 4.79 Å². The summed E-state index contributed by atoms with van der Waals surface area (Å²) < 4.78 is 1.74. The lowest BCUT2D eigenvalue weighted by molar-refractivity contribution is 0.102. The Labute approximate surface area is 102 Å². The number of amides is 1. The van der Waals surface area contributed by atoms with E-state index < -0.39 is 0 Å². The topological polar surface area (TPSA) is 71.8 Å². The number of aromatic nitrogens is 3. The van der Waals surface area contributed by atoms with Crippen LogP contribution in [0.1, 0.15) is 16.5 Å². The first-order valence-electron chi connectivity index (χ1n) is 5.29. The Balaban J connectivity index is 1.70. The molecular weight excluding hydrogens is 238 g/mol. The van der Waals surface area contributed by atoms with Crippen LogP contribution in [0.15, 0.2) is 23.0 Å². The minimum atomic E-state index is -0.220. The van der Waals surface area contributed by atoms with Gasteiger partial charge in [-0.2, -0.15) is 11.3 Å². The highest BCUT2D eigenvalue weighted by atomic mass is 32.1. The smallest absolute Gasteiger partial charge is 0.277 e. The van der Waals surface area contributed by atoms with Gasteiger partial charge in [-0.1, -0.05) is 5.21 Å². The molecule has 0 bridgehead atoms. The minimum absolute atomic E-state index is 0.220. The zero-order valence-electron chi connectivity index (χ0n) is 8.96. The number of thiophene rings is 1. The van der Waals surface area contributed by atoms with E-state index in [0.29, 0.717) is 11.7 Å². The molecule has 2 N–H and O–H groups in total. The molecule has 3 rings (SSSR count). The van der Waals surface area contributed by atoms with E-state index in [0.717, 1.165) is 18.8 Å². The zero-order valence-corrected chi connectivity index (χ0v) is 9.78. The molecule has 1 saturated heterocycles. The number of carbonyl (C=O) groups excluding carboxylic acids is 1. The molecule has 7 heteroatoms.